The van der Waals surface area contributed by atoms with Crippen LogP contribution in [0.15, 0.2) is 18.3 Å². The number of pyridine rings is 1. The summed E-state index contributed by atoms with van der Waals surface area (Å²) in [6, 6.07) is 3.39. The normalized spacial score (nSPS) is 10.4. The number of hydrogen-bond donors (Lipinski definition) is 4. The van der Waals surface area contributed by atoms with Gasteiger partial charge in [0, 0.05) is 56.7 Å². The molecule has 10 heteroatoms. The van der Waals surface area contributed by atoms with Crippen LogP contribution < -0.4 is 21.7 Å². The Hall–Kier alpha value is -1.78. The van der Waals surface area contributed by atoms with Crippen molar-refractivity contribution in [1.29, 1.82) is 0 Å². The largest absolute Gasteiger partial charge is 0.355 e. The number of hydrogen-bond acceptors (Lipinski definition) is 7. The molecule has 162 valence electrons. The van der Waals surface area contributed by atoms with Crippen LogP contribution in [0.1, 0.15) is 48.7 Å². The van der Waals surface area contributed by atoms with Crippen LogP contribution in [-0.2, 0) is 16.1 Å². The highest BCUT2D eigenvalue weighted by atomic mass is 33.1. The first kappa shape index (κ1) is 25.3. The van der Waals surface area contributed by atoms with E-state index in [4.69, 9.17) is 5.73 Å². The molecule has 0 radical (unpaired) electrons. The Morgan fingerprint density at radius 2 is 1.66 bits per heavy atom. The molecule has 1 aromatic rings. The zero-order valence-electron chi connectivity index (χ0n) is 16.9. The van der Waals surface area contributed by atoms with Gasteiger partial charge in [-0.25, -0.2) is 0 Å². The van der Waals surface area contributed by atoms with Crippen LogP contribution in [0.25, 0.3) is 0 Å². The van der Waals surface area contributed by atoms with Crippen molar-refractivity contribution in [1.82, 2.24) is 20.9 Å². The average Bonchev–Trinajstić information content (AvgIpc) is 2.74. The third kappa shape index (κ3) is 12.4. The monoisotopic (exact) mass is 441 g/mol. The standard InChI is InChI=1S/C19H31N5O3S2/c1-2-3-4-17(25)22-10-12-29-28-11-7-18(26)21-8-9-23-19(27)15-5-6-16(13-20)24-14-15/h5-6,14H,2-4,7-13,20H2,1H3,(H,21,26)(H,22,25)(H,23,27). The molecule has 0 aromatic carbocycles. The van der Waals surface area contributed by atoms with Crippen molar-refractivity contribution in [3.8, 4) is 0 Å². The van der Waals surface area contributed by atoms with Gasteiger partial charge in [-0.1, -0.05) is 34.9 Å². The van der Waals surface area contributed by atoms with Gasteiger partial charge in [-0.05, 0) is 18.6 Å². The second-order valence-electron chi connectivity index (χ2n) is 6.20. The molecule has 0 aliphatic rings. The fourth-order valence-electron chi connectivity index (χ4n) is 2.16. The summed E-state index contributed by atoms with van der Waals surface area (Å²) in [6.45, 7) is 3.77. The van der Waals surface area contributed by atoms with Gasteiger partial charge in [-0.2, -0.15) is 0 Å². The molecule has 29 heavy (non-hydrogen) atoms. The lowest BCUT2D eigenvalue weighted by Crippen LogP contribution is -2.34. The van der Waals surface area contributed by atoms with Crippen molar-refractivity contribution < 1.29 is 14.4 Å². The number of aromatic nitrogens is 1. The number of unbranched alkanes of at least 4 members (excludes halogenated alkanes) is 1. The number of nitrogens with two attached hydrogens (primary N) is 1. The van der Waals surface area contributed by atoms with E-state index in [1.165, 1.54) is 6.20 Å². The first-order valence-corrected chi connectivity index (χ1v) is 12.3. The van der Waals surface area contributed by atoms with Crippen LogP contribution in [0.2, 0.25) is 0 Å². The van der Waals surface area contributed by atoms with Gasteiger partial charge < -0.3 is 21.7 Å². The van der Waals surface area contributed by atoms with E-state index in [-0.39, 0.29) is 17.7 Å². The predicted octanol–water partition coefficient (Wildman–Crippen LogP) is 1.46. The third-order valence-electron chi connectivity index (χ3n) is 3.79. The summed E-state index contributed by atoms with van der Waals surface area (Å²) in [5.41, 5.74) is 6.66. The topological polar surface area (TPSA) is 126 Å². The highest BCUT2D eigenvalue weighted by Crippen LogP contribution is 2.20. The van der Waals surface area contributed by atoms with Crippen molar-refractivity contribution in [2.24, 2.45) is 5.73 Å². The van der Waals surface area contributed by atoms with Crippen LogP contribution >= 0.6 is 21.6 Å². The number of nitrogens with zero attached hydrogens (tertiary/aromatic N) is 1. The Morgan fingerprint density at radius 3 is 2.34 bits per heavy atom. The molecular weight excluding hydrogens is 410 g/mol. The van der Waals surface area contributed by atoms with E-state index in [9.17, 15) is 14.4 Å². The first-order valence-electron chi connectivity index (χ1n) is 9.77. The maximum atomic E-state index is 12.0. The van der Waals surface area contributed by atoms with Gasteiger partial charge >= 0.3 is 0 Å². The van der Waals surface area contributed by atoms with Crippen LogP contribution in [0.5, 0.6) is 0 Å². The molecule has 1 aromatic heterocycles. The van der Waals surface area contributed by atoms with Crippen LogP contribution in [0.3, 0.4) is 0 Å². The second kappa shape index (κ2) is 16.1. The molecule has 1 rings (SSSR count). The lowest BCUT2D eigenvalue weighted by atomic mass is 10.2. The highest BCUT2D eigenvalue weighted by Gasteiger charge is 2.06. The molecule has 0 fully saturated rings. The molecule has 1 heterocycles. The van der Waals surface area contributed by atoms with E-state index in [0.717, 1.165) is 24.3 Å². The average molecular weight is 442 g/mol. The van der Waals surface area contributed by atoms with Gasteiger partial charge in [0.2, 0.25) is 11.8 Å². The molecule has 0 saturated carbocycles. The third-order valence-corrected chi connectivity index (χ3v) is 6.20. The fraction of sp³-hybridized carbons (Fsp3) is 0.579. The summed E-state index contributed by atoms with van der Waals surface area (Å²) in [5, 5.41) is 8.40. The quantitative estimate of drug-likeness (QED) is 0.240. The minimum Gasteiger partial charge on any atom is -0.355 e. The Bertz CT molecular complexity index is 629. The Kier molecular flexibility index (Phi) is 14.0. The number of nitrogens with one attached hydrogen (secondary N) is 3. The Balaban J connectivity index is 1.98. The molecule has 0 aliphatic carbocycles. The van der Waals surface area contributed by atoms with Crippen molar-refractivity contribution in [2.45, 2.75) is 39.2 Å². The summed E-state index contributed by atoms with van der Waals surface area (Å²) < 4.78 is 0. The lowest BCUT2D eigenvalue weighted by molar-refractivity contribution is -0.121. The molecule has 0 saturated heterocycles. The molecule has 0 spiro atoms. The minimum absolute atomic E-state index is 0.0471. The van der Waals surface area contributed by atoms with E-state index in [1.807, 2.05) is 0 Å². The zero-order valence-corrected chi connectivity index (χ0v) is 18.5. The first-order chi connectivity index (χ1) is 14.1. The maximum absolute atomic E-state index is 12.0. The molecule has 0 atom stereocenters. The van der Waals surface area contributed by atoms with Crippen molar-refractivity contribution in [3.63, 3.8) is 0 Å². The lowest BCUT2D eigenvalue weighted by Gasteiger charge is -2.07. The Labute approximate surface area is 180 Å². The van der Waals surface area contributed by atoms with E-state index in [1.54, 1.807) is 33.7 Å². The van der Waals surface area contributed by atoms with Gasteiger partial charge in [-0.15, -0.1) is 0 Å². The van der Waals surface area contributed by atoms with Crippen molar-refractivity contribution in [2.75, 3.05) is 31.1 Å². The van der Waals surface area contributed by atoms with Crippen LogP contribution in [0.4, 0.5) is 0 Å². The summed E-state index contributed by atoms with van der Waals surface area (Å²) >= 11 is 0. The van der Waals surface area contributed by atoms with Gasteiger partial charge in [0.15, 0.2) is 0 Å². The van der Waals surface area contributed by atoms with E-state index in [2.05, 4.69) is 27.9 Å². The Morgan fingerprint density at radius 1 is 0.966 bits per heavy atom. The maximum Gasteiger partial charge on any atom is 0.252 e. The molecule has 0 aliphatic heterocycles. The van der Waals surface area contributed by atoms with Crippen LogP contribution in [0, 0.1) is 0 Å². The van der Waals surface area contributed by atoms with E-state index < -0.39 is 0 Å². The minimum atomic E-state index is -0.232. The SMILES string of the molecule is CCCCC(=O)NCCSSCCC(=O)NCCNC(=O)c1ccc(CN)nc1. The van der Waals surface area contributed by atoms with Crippen LogP contribution in [-0.4, -0.2) is 53.8 Å². The summed E-state index contributed by atoms with van der Waals surface area (Å²) in [4.78, 5) is 39.2. The van der Waals surface area contributed by atoms with Gasteiger partial charge in [-0.3, -0.25) is 19.4 Å². The second-order valence-corrected chi connectivity index (χ2v) is 8.90. The van der Waals surface area contributed by atoms with Gasteiger partial charge in [0.25, 0.3) is 5.91 Å². The van der Waals surface area contributed by atoms with E-state index in [0.29, 0.717) is 50.3 Å². The fourth-order valence-corrected chi connectivity index (χ4v) is 4.05. The number of carbonyl (C=O) groups excluding carboxylic acids is 3. The van der Waals surface area contributed by atoms with Gasteiger partial charge in [0.1, 0.15) is 0 Å². The summed E-state index contributed by atoms with van der Waals surface area (Å²) in [7, 11) is 3.26. The zero-order chi connectivity index (χ0) is 21.3. The molecule has 0 bridgehead atoms. The van der Waals surface area contributed by atoms with Crippen molar-refractivity contribution in [3.05, 3.63) is 29.6 Å². The molecule has 5 N–H and O–H groups in total. The highest BCUT2D eigenvalue weighted by molar-refractivity contribution is 8.76. The molecular formula is C19H31N5O3S2. The number of amides is 3. The smallest absolute Gasteiger partial charge is 0.252 e. The summed E-state index contributed by atoms with van der Waals surface area (Å²) in [5.74, 6) is 1.34. The van der Waals surface area contributed by atoms with E-state index >= 15 is 0 Å². The number of rotatable bonds is 15. The molecule has 0 unspecified atom stereocenters. The molecule has 8 nitrogen and oxygen atoms in total. The van der Waals surface area contributed by atoms with Gasteiger partial charge in [0.05, 0.1) is 11.3 Å². The number of carbonyl (C=O) groups is 3. The predicted molar refractivity (Wildman–Crippen MR) is 120 cm³/mol. The molecule has 3 amide bonds. The van der Waals surface area contributed by atoms with Crippen molar-refractivity contribution >= 4 is 39.3 Å². The summed E-state index contributed by atoms with van der Waals surface area (Å²) in [6.07, 6.45) is 4.44.